The van der Waals surface area contributed by atoms with Gasteiger partial charge in [0.2, 0.25) is 0 Å². The van der Waals surface area contributed by atoms with Crippen molar-refractivity contribution in [3.63, 3.8) is 0 Å². The van der Waals surface area contributed by atoms with Gasteiger partial charge in [0.05, 0.1) is 26.4 Å². The van der Waals surface area contributed by atoms with Gasteiger partial charge in [0, 0.05) is 25.7 Å². The molecule has 0 rings (SSSR count). The minimum Gasteiger partial charge on any atom is -0.462 e. The highest BCUT2D eigenvalue weighted by molar-refractivity contribution is 7.47. The quantitative estimate of drug-likeness (QED) is 0.0222. The number of aliphatic hydroxyl groups is 1. The van der Waals surface area contributed by atoms with Crippen molar-refractivity contribution in [2.45, 2.75) is 433 Å². The van der Waals surface area contributed by atoms with Crippen molar-refractivity contribution >= 4 is 39.5 Å². The van der Waals surface area contributed by atoms with Crippen molar-refractivity contribution in [2.24, 2.45) is 23.7 Å². The lowest BCUT2D eigenvalue weighted by atomic mass is 9.99. The van der Waals surface area contributed by atoms with E-state index in [1.165, 1.54) is 212 Å². The van der Waals surface area contributed by atoms with E-state index in [1.807, 2.05) is 0 Å². The van der Waals surface area contributed by atoms with Gasteiger partial charge in [-0.1, -0.05) is 364 Å². The lowest BCUT2D eigenvalue weighted by molar-refractivity contribution is -0.161. The molecule has 100 heavy (non-hydrogen) atoms. The molecule has 17 nitrogen and oxygen atoms in total. The van der Waals surface area contributed by atoms with Gasteiger partial charge in [0.25, 0.3) is 0 Å². The lowest BCUT2D eigenvalue weighted by Gasteiger charge is -2.21. The molecule has 0 aliphatic rings. The summed E-state index contributed by atoms with van der Waals surface area (Å²) in [5, 5.41) is 10.6. The monoisotopic (exact) mass is 1470 g/mol. The molecule has 0 bridgehead atoms. The molecule has 0 saturated heterocycles. The Morgan fingerprint density at radius 2 is 0.480 bits per heavy atom. The van der Waals surface area contributed by atoms with Crippen molar-refractivity contribution in [1.29, 1.82) is 0 Å². The second-order valence-electron chi connectivity index (χ2n) is 30.6. The molecule has 594 valence electrons. The number of hydrogen-bond donors (Lipinski definition) is 3. The first-order valence-corrected chi connectivity index (χ1v) is 44.8. The van der Waals surface area contributed by atoms with Gasteiger partial charge in [-0.2, -0.15) is 0 Å². The zero-order chi connectivity index (χ0) is 73.8. The number of phosphoric ester groups is 2. The van der Waals surface area contributed by atoms with Crippen LogP contribution in [0.3, 0.4) is 0 Å². The van der Waals surface area contributed by atoms with Gasteiger partial charge in [-0.3, -0.25) is 37.3 Å². The molecule has 0 aromatic rings. The molecule has 0 fully saturated rings. The van der Waals surface area contributed by atoms with Crippen LogP contribution in [-0.4, -0.2) is 96.7 Å². The molecular weight excluding hydrogens is 1310 g/mol. The molecule has 0 radical (unpaired) electrons. The molecule has 7 atom stereocenters. The summed E-state index contributed by atoms with van der Waals surface area (Å²) in [7, 11) is -9.92. The van der Waals surface area contributed by atoms with Crippen LogP contribution in [0.2, 0.25) is 0 Å². The Labute approximate surface area is 613 Å². The lowest BCUT2D eigenvalue weighted by Crippen LogP contribution is -2.30. The highest BCUT2D eigenvalue weighted by Gasteiger charge is 2.30. The van der Waals surface area contributed by atoms with Crippen LogP contribution in [0.5, 0.6) is 0 Å². The number of unbranched alkanes of at least 4 members (excludes halogenated alkanes) is 42. The molecule has 0 aliphatic heterocycles. The summed E-state index contributed by atoms with van der Waals surface area (Å²) in [6.45, 7) is 14.2. The Morgan fingerprint density at radius 3 is 0.710 bits per heavy atom. The van der Waals surface area contributed by atoms with E-state index in [-0.39, 0.29) is 25.7 Å². The number of ether oxygens (including phenoxy) is 4. The zero-order valence-electron chi connectivity index (χ0n) is 65.8. The average molecular weight is 1470 g/mol. The Morgan fingerprint density at radius 1 is 0.280 bits per heavy atom. The van der Waals surface area contributed by atoms with E-state index < -0.39 is 97.5 Å². The van der Waals surface area contributed by atoms with Gasteiger partial charge in [-0.25, -0.2) is 9.13 Å². The number of aliphatic hydroxyl groups excluding tert-OH is 1. The number of hydrogen-bond acceptors (Lipinski definition) is 15. The van der Waals surface area contributed by atoms with Crippen molar-refractivity contribution in [2.75, 3.05) is 39.6 Å². The Kier molecular flexibility index (Phi) is 68.7. The predicted molar refractivity (Wildman–Crippen MR) is 409 cm³/mol. The van der Waals surface area contributed by atoms with Gasteiger partial charge in [0.1, 0.15) is 19.3 Å². The van der Waals surface area contributed by atoms with Crippen LogP contribution in [0.4, 0.5) is 0 Å². The normalized spacial score (nSPS) is 14.6. The average Bonchev–Trinajstić information content (AvgIpc) is 0.939. The van der Waals surface area contributed by atoms with Gasteiger partial charge in [-0.15, -0.1) is 0 Å². The fourth-order valence-electron chi connectivity index (χ4n) is 12.4. The molecule has 4 unspecified atom stereocenters. The number of esters is 4. The van der Waals surface area contributed by atoms with Crippen molar-refractivity contribution in [3.8, 4) is 0 Å². The van der Waals surface area contributed by atoms with Crippen LogP contribution in [0.25, 0.3) is 0 Å². The summed E-state index contributed by atoms with van der Waals surface area (Å²) in [5.74, 6) is 1.00. The van der Waals surface area contributed by atoms with Crippen LogP contribution in [0.1, 0.15) is 415 Å². The van der Waals surface area contributed by atoms with Crippen LogP contribution >= 0.6 is 15.6 Å². The van der Waals surface area contributed by atoms with Crippen LogP contribution in [0, 0.1) is 23.7 Å². The molecule has 0 aliphatic carbocycles. The Bertz CT molecular complexity index is 1960. The molecule has 19 heteroatoms. The molecule has 0 aromatic heterocycles. The summed E-state index contributed by atoms with van der Waals surface area (Å²) in [4.78, 5) is 72.9. The summed E-state index contributed by atoms with van der Waals surface area (Å²) in [6.07, 6.45) is 57.1. The first-order chi connectivity index (χ1) is 48.2. The molecule has 0 amide bonds. The topological polar surface area (TPSA) is 237 Å². The molecule has 3 N–H and O–H groups in total. The highest BCUT2D eigenvalue weighted by Crippen LogP contribution is 2.45. The minimum atomic E-state index is -4.96. The molecule has 0 heterocycles. The standard InChI is InChI=1S/C81H158O17P2/c1-9-73(7)59-51-43-34-27-23-19-15-13-11-12-14-16-21-25-29-37-47-55-63-80(85)97-76(67-91-78(83)61-53-45-36-32-31-33-41-49-57-71(3)4)69-95-99(87,88)93-65-75(82)66-94-100(89,90)96-70-77(68-92-79(84)62-54-46-40-39-42-50-58-72(5)6)98-81(86)64-56-48-38-30-26-22-18-17-20-24-28-35-44-52-60-74(8)10-2/h71-77,82H,9-70H2,1-8H3,(H,87,88)(H,89,90)/t73?,74?,75-,76-,77-/m1/s1. The Balaban J connectivity index is 5.16. The molecular formula is C81H158O17P2. The summed E-state index contributed by atoms with van der Waals surface area (Å²) in [6, 6.07) is 0. The fourth-order valence-corrected chi connectivity index (χ4v) is 13.9. The zero-order valence-corrected chi connectivity index (χ0v) is 67.6. The maximum Gasteiger partial charge on any atom is 0.472 e. The third-order valence-electron chi connectivity index (χ3n) is 19.5. The first kappa shape index (κ1) is 98.1. The molecule has 0 spiro atoms. The second kappa shape index (κ2) is 70.1. The largest absolute Gasteiger partial charge is 0.472 e. The SMILES string of the molecule is CCC(C)CCCCCCCCCCCCCCCCCCCCC(=O)O[C@H](COC(=O)CCCCCCCCCCC(C)C)COP(=O)(O)OC[C@@H](O)COP(=O)(O)OC[C@@H](COC(=O)CCCCCCCCC(C)C)OC(=O)CCCCCCCCCCCCCCCCC(C)CC. The van der Waals surface area contributed by atoms with E-state index in [4.69, 9.17) is 37.0 Å². The fraction of sp³-hybridized carbons (Fsp3) is 0.951. The van der Waals surface area contributed by atoms with Crippen LogP contribution < -0.4 is 0 Å². The second-order valence-corrected chi connectivity index (χ2v) is 33.5. The third-order valence-corrected chi connectivity index (χ3v) is 21.4. The van der Waals surface area contributed by atoms with E-state index in [0.29, 0.717) is 31.6 Å². The number of phosphoric acid groups is 2. The van der Waals surface area contributed by atoms with E-state index >= 15 is 0 Å². The van der Waals surface area contributed by atoms with Crippen molar-refractivity contribution < 1.29 is 80.2 Å². The summed E-state index contributed by atoms with van der Waals surface area (Å²) in [5.41, 5.74) is 0. The van der Waals surface area contributed by atoms with E-state index in [9.17, 15) is 43.2 Å². The highest BCUT2D eigenvalue weighted by atomic mass is 31.2. The van der Waals surface area contributed by atoms with Gasteiger partial charge < -0.3 is 33.8 Å². The van der Waals surface area contributed by atoms with Crippen LogP contribution in [-0.2, 0) is 65.4 Å². The van der Waals surface area contributed by atoms with E-state index in [0.717, 1.165) is 114 Å². The summed E-state index contributed by atoms with van der Waals surface area (Å²) >= 11 is 0. The minimum absolute atomic E-state index is 0.106. The Hall–Kier alpha value is -1.94. The third kappa shape index (κ3) is 71.7. The summed E-state index contributed by atoms with van der Waals surface area (Å²) < 4.78 is 68.6. The number of carbonyl (C=O) groups excluding carboxylic acids is 4. The first-order valence-electron chi connectivity index (χ1n) is 41.8. The van der Waals surface area contributed by atoms with E-state index in [1.54, 1.807) is 0 Å². The van der Waals surface area contributed by atoms with E-state index in [2.05, 4.69) is 55.4 Å². The predicted octanol–water partition coefficient (Wildman–Crippen LogP) is 24.0. The van der Waals surface area contributed by atoms with Crippen LogP contribution in [0.15, 0.2) is 0 Å². The van der Waals surface area contributed by atoms with Gasteiger partial charge in [0.15, 0.2) is 12.2 Å². The van der Waals surface area contributed by atoms with Crippen molar-refractivity contribution in [3.05, 3.63) is 0 Å². The molecule has 0 saturated carbocycles. The number of rotatable bonds is 78. The van der Waals surface area contributed by atoms with Gasteiger partial charge in [-0.05, 0) is 49.4 Å². The van der Waals surface area contributed by atoms with Gasteiger partial charge >= 0.3 is 39.5 Å². The maximum atomic E-state index is 13.1. The number of carbonyl (C=O) groups is 4. The smallest absolute Gasteiger partial charge is 0.462 e. The van der Waals surface area contributed by atoms with Crippen molar-refractivity contribution in [1.82, 2.24) is 0 Å². The maximum absolute atomic E-state index is 13.1. The molecule has 0 aromatic carbocycles.